The average Bonchev–Trinajstić information content (AvgIpc) is 2.70. The van der Waals surface area contributed by atoms with Gasteiger partial charge < -0.3 is 4.74 Å². The Morgan fingerprint density at radius 1 is 1.26 bits per heavy atom. The zero-order valence-electron chi connectivity index (χ0n) is 10.5. The van der Waals surface area contributed by atoms with E-state index in [4.69, 9.17) is 27.9 Å². The maximum absolute atomic E-state index is 12.5. The molecule has 2 rings (SSSR count). The first-order valence-corrected chi connectivity index (χ1v) is 7.33. The molecule has 100 valence electrons. The maximum atomic E-state index is 12.5. The van der Waals surface area contributed by atoms with Gasteiger partial charge >= 0.3 is 0 Å². The second-order valence-electron chi connectivity index (χ2n) is 4.00. The van der Waals surface area contributed by atoms with E-state index in [0.717, 1.165) is 5.56 Å². The number of hydrogen-bond acceptors (Lipinski definition) is 3. The molecule has 0 spiro atoms. The molecule has 0 bridgehead atoms. The van der Waals surface area contributed by atoms with Crippen LogP contribution in [0.4, 0.5) is 0 Å². The van der Waals surface area contributed by atoms with Crippen LogP contribution in [0.1, 0.15) is 28.4 Å². The van der Waals surface area contributed by atoms with Crippen molar-refractivity contribution >= 4 is 40.3 Å². The van der Waals surface area contributed by atoms with Gasteiger partial charge in [0.1, 0.15) is 10.1 Å². The standard InChI is InChI=1S/C14H12Cl2O2S/c1-3-18-11-5-4-8(2)6-9(11)13(17)10-7-12(15)19-14(10)16/h4-7H,3H2,1-2H3. The Morgan fingerprint density at radius 3 is 2.58 bits per heavy atom. The van der Waals surface area contributed by atoms with Gasteiger partial charge in [-0.05, 0) is 32.0 Å². The molecule has 0 aliphatic carbocycles. The molecule has 1 heterocycles. The van der Waals surface area contributed by atoms with Crippen molar-refractivity contribution in [2.24, 2.45) is 0 Å². The summed E-state index contributed by atoms with van der Waals surface area (Å²) < 4.78 is 6.39. The summed E-state index contributed by atoms with van der Waals surface area (Å²) in [5, 5.41) is 0. The Hall–Kier alpha value is -1.03. The van der Waals surface area contributed by atoms with Crippen LogP contribution in [0.2, 0.25) is 8.67 Å². The Kier molecular flexibility index (Phi) is 4.50. The van der Waals surface area contributed by atoms with Crippen LogP contribution < -0.4 is 4.74 Å². The van der Waals surface area contributed by atoms with E-state index >= 15 is 0 Å². The molecule has 0 amide bonds. The number of thiophene rings is 1. The van der Waals surface area contributed by atoms with Crippen molar-refractivity contribution in [2.75, 3.05) is 6.61 Å². The lowest BCUT2D eigenvalue weighted by molar-refractivity contribution is 0.103. The molecule has 0 saturated carbocycles. The molecule has 0 aliphatic rings. The molecular formula is C14H12Cl2O2S. The zero-order chi connectivity index (χ0) is 14.0. The molecule has 2 aromatic rings. The van der Waals surface area contributed by atoms with E-state index in [1.807, 2.05) is 19.9 Å². The number of ether oxygens (including phenoxy) is 1. The largest absolute Gasteiger partial charge is 0.493 e. The van der Waals surface area contributed by atoms with E-state index in [0.29, 0.717) is 32.2 Å². The fourth-order valence-electron chi connectivity index (χ4n) is 1.74. The minimum absolute atomic E-state index is 0.166. The molecule has 1 aromatic carbocycles. The molecule has 0 radical (unpaired) electrons. The van der Waals surface area contributed by atoms with Crippen molar-refractivity contribution in [3.8, 4) is 5.75 Å². The van der Waals surface area contributed by atoms with Crippen LogP contribution in [0.5, 0.6) is 5.75 Å². The van der Waals surface area contributed by atoms with Crippen LogP contribution in [-0.4, -0.2) is 12.4 Å². The lowest BCUT2D eigenvalue weighted by Gasteiger charge is -2.09. The van der Waals surface area contributed by atoms with E-state index in [2.05, 4.69) is 0 Å². The number of benzene rings is 1. The number of rotatable bonds is 4. The number of carbonyl (C=O) groups is 1. The summed E-state index contributed by atoms with van der Waals surface area (Å²) >= 11 is 13.1. The third-order valence-corrected chi connectivity index (χ3v) is 4.07. The van der Waals surface area contributed by atoms with E-state index in [1.54, 1.807) is 18.2 Å². The maximum Gasteiger partial charge on any atom is 0.199 e. The smallest absolute Gasteiger partial charge is 0.199 e. The minimum Gasteiger partial charge on any atom is -0.493 e. The minimum atomic E-state index is -0.166. The van der Waals surface area contributed by atoms with E-state index in [-0.39, 0.29) is 5.78 Å². The summed E-state index contributed by atoms with van der Waals surface area (Å²) in [6.45, 7) is 4.30. The van der Waals surface area contributed by atoms with Gasteiger partial charge in [-0.1, -0.05) is 34.8 Å². The molecule has 1 aromatic heterocycles. The van der Waals surface area contributed by atoms with Crippen molar-refractivity contribution in [1.29, 1.82) is 0 Å². The van der Waals surface area contributed by atoms with E-state index in [9.17, 15) is 4.79 Å². The third kappa shape index (κ3) is 3.11. The van der Waals surface area contributed by atoms with Crippen LogP contribution in [0, 0.1) is 6.92 Å². The summed E-state index contributed by atoms with van der Waals surface area (Å²) in [7, 11) is 0. The monoisotopic (exact) mass is 314 g/mol. The molecule has 0 fully saturated rings. The van der Waals surface area contributed by atoms with Crippen molar-refractivity contribution in [3.63, 3.8) is 0 Å². The van der Waals surface area contributed by atoms with Gasteiger partial charge in [0, 0.05) is 0 Å². The van der Waals surface area contributed by atoms with Crippen molar-refractivity contribution < 1.29 is 9.53 Å². The van der Waals surface area contributed by atoms with Crippen molar-refractivity contribution in [2.45, 2.75) is 13.8 Å². The molecule has 0 saturated heterocycles. The van der Waals surface area contributed by atoms with Crippen LogP contribution in [0.25, 0.3) is 0 Å². The first kappa shape index (κ1) is 14.4. The van der Waals surface area contributed by atoms with E-state index in [1.165, 1.54) is 11.3 Å². The molecule has 2 nitrogen and oxygen atoms in total. The molecule has 0 aliphatic heterocycles. The summed E-state index contributed by atoms with van der Waals surface area (Å²) in [6.07, 6.45) is 0. The Labute approximate surface area is 125 Å². The van der Waals surface area contributed by atoms with Crippen molar-refractivity contribution in [1.82, 2.24) is 0 Å². The molecule has 5 heteroatoms. The number of carbonyl (C=O) groups excluding carboxylic acids is 1. The van der Waals surface area contributed by atoms with Crippen LogP contribution in [0.15, 0.2) is 24.3 Å². The zero-order valence-corrected chi connectivity index (χ0v) is 12.8. The van der Waals surface area contributed by atoms with Crippen LogP contribution in [0.3, 0.4) is 0 Å². The Morgan fingerprint density at radius 2 is 2.00 bits per heavy atom. The van der Waals surface area contributed by atoms with Gasteiger partial charge in [-0.2, -0.15) is 0 Å². The SMILES string of the molecule is CCOc1ccc(C)cc1C(=O)c1cc(Cl)sc1Cl. The number of ketones is 1. The number of aryl methyl sites for hydroxylation is 1. The van der Waals surface area contributed by atoms with Crippen LogP contribution >= 0.6 is 34.5 Å². The van der Waals surface area contributed by atoms with Crippen LogP contribution in [-0.2, 0) is 0 Å². The van der Waals surface area contributed by atoms with E-state index < -0.39 is 0 Å². The average molecular weight is 315 g/mol. The normalized spacial score (nSPS) is 10.5. The highest BCUT2D eigenvalue weighted by Crippen LogP contribution is 2.34. The first-order valence-electron chi connectivity index (χ1n) is 5.76. The van der Waals surface area contributed by atoms with Gasteiger partial charge in [0.05, 0.1) is 22.1 Å². The van der Waals surface area contributed by atoms with Gasteiger partial charge in [-0.3, -0.25) is 4.79 Å². The van der Waals surface area contributed by atoms with Gasteiger partial charge in [0.25, 0.3) is 0 Å². The highest BCUT2D eigenvalue weighted by Gasteiger charge is 2.19. The lowest BCUT2D eigenvalue weighted by atomic mass is 10.0. The highest BCUT2D eigenvalue weighted by atomic mass is 35.5. The predicted octanol–water partition coefficient (Wildman–Crippen LogP) is 4.99. The number of hydrogen-bond donors (Lipinski definition) is 0. The third-order valence-electron chi connectivity index (χ3n) is 2.58. The molecule has 0 N–H and O–H groups in total. The van der Waals surface area contributed by atoms with Crippen molar-refractivity contribution in [3.05, 3.63) is 49.6 Å². The van der Waals surface area contributed by atoms with Gasteiger partial charge in [0.15, 0.2) is 5.78 Å². The topological polar surface area (TPSA) is 26.3 Å². The fraction of sp³-hybridized carbons (Fsp3) is 0.214. The molecular weight excluding hydrogens is 303 g/mol. The second-order valence-corrected chi connectivity index (χ2v) is 6.29. The van der Waals surface area contributed by atoms with Gasteiger partial charge in [-0.25, -0.2) is 0 Å². The lowest BCUT2D eigenvalue weighted by Crippen LogP contribution is -2.05. The highest BCUT2D eigenvalue weighted by molar-refractivity contribution is 7.20. The fourth-order valence-corrected chi connectivity index (χ4v) is 3.20. The summed E-state index contributed by atoms with van der Waals surface area (Å²) in [4.78, 5) is 12.5. The number of halogens is 2. The van der Waals surface area contributed by atoms with Gasteiger partial charge in [0.2, 0.25) is 0 Å². The molecule has 19 heavy (non-hydrogen) atoms. The van der Waals surface area contributed by atoms with Gasteiger partial charge in [-0.15, -0.1) is 11.3 Å². The quantitative estimate of drug-likeness (QED) is 0.743. The Balaban J connectivity index is 2.48. The summed E-state index contributed by atoms with van der Waals surface area (Å²) in [6, 6.07) is 7.10. The molecule has 0 unspecified atom stereocenters. The second kappa shape index (κ2) is 5.95. The predicted molar refractivity (Wildman–Crippen MR) is 80.1 cm³/mol. The molecule has 0 atom stereocenters. The Bertz CT molecular complexity index is 620. The summed E-state index contributed by atoms with van der Waals surface area (Å²) in [5.74, 6) is 0.400. The summed E-state index contributed by atoms with van der Waals surface area (Å²) in [5.41, 5.74) is 1.92. The first-order chi connectivity index (χ1) is 9.02.